The van der Waals surface area contributed by atoms with E-state index in [-0.39, 0.29) is 5.97 Å². The van der Waals surface area contributed by atoms with Gasteiger partial charge in [-0.05, 0) is 26.3 Å². The minimum absolute atomic E-state index is 0.152. The maximum Gasteiger partial charge on any atom is 0.312 e. The molecule has 0 fully saturated rings. The minimum Gasteiger partial charge on any atom is -0.466 e. The van der Waals surface area contributed by atoms with Gasteiger partial charge in [0.2, 0.25) is 0 Å². The first kappa shape index (κ1) is 13.7. The Kier molecular flexibility index (Phi) is 5.16. The Hall–Kier alpha value is -1.35. The van der Waals surface area contributed by atoms with E-state index in [9.17, 15) is 4.79 Å². The number of hydrogen-bond donors (Lipinski definition) is 1. The van der Waals surface area contributed by atoms with Crippen molar-refractivity contribution >= 4 is 5.97 Å². The predicted molar refractivity (Wildman–Crippen MR) is 68.6 cm³/mol. The number of rotatable bonds is 6. The molecule has 0 aliphatic heterocycles. The van der Waals surface area contributed by atoms with Crippen LogP contribution in [-0.4, -0.2) is 19.1 Å². The highest BCUT2D eigenvalue weighted by atomic mass is 16.5. The Bertz CT molecular complexity index is 346. The molecule has 0 aliphatic carbocycles. The van der Waals surface area contributed by atoms with Crippen LogP contribution in [-0.2, 0) is 16.1 Å². The second-order valence-electron chi connectivity index (χ2n) is 4.69. The molecular formula is C14H21NO2. The highest BCUT2D eigenvalue weighted by molar-refractivity contribution is 5.76. The number of ether oxygens (including phenoxy) is 1. The molecule has 1 N–H and O–H groups in total. The van der Waals surface area contributed by atoms with Gasteiger partial charge in [0, 0.05) is 13.1 Å². The quantitative estimate of drug-likeness (QED) is 0.769. The summed E-state index contributed by atoms with van der Waals surface area (Å²) in [5.41, 5.74) is 0.734. The lowest BCUT2D eigenvalue weighted by Gasteiger charge is -2.22. The molecule has 1 aromatic rings. The minimum atomic E-state index is -0.481. The van der Waals surface area contributed by atoms with Crippen molar-refractivity contribution in [2.45, 2.75) is 27.3 Å². The van der Waals surface area contributed by atoms with Gasteiger partial charge in [0.15, 0.2) is 0 Å². The molecule has 0 spiro atoms. The molecule has 0 saturated heterocycles. The molecule has 0 heterocycles. The average Bonchev–Trinajstić information content (AvgIpc) is 2.30. The average molecular weight is 235 g/mol. The molecule has 3 heteroatoms. The Balaban J connectivity index is 2.37. The fourth-order valence-electron chi connectivity index (χ4n) is 1.51. The van der Waals surface area contributed by atoms with Gasteiger partial charge in [0.1, 0.15) is 0 Å². The number of carbonyl (C=O) groups is 1. The number of hydrogen-bond acceptors (Lipinski definition) is 3. The van der Waals surface area contributed by atoms with Gasteiger partial charge in [-0.3, -0.25) is 4.79 Å². The van der Waals surface area contributed by atoms with Crippen molar-refractivity contribution in [3.8, 4) is 0 Å². The van der Waals surface area contributed by atoms with E-state index in [0.717, 1.165) is 6.54 Å². The molecule has 3 nitrogen and oxygen atoms in total. The summed E-state index contributed by atoms with van der Waals surface area (Å²) < 4.78 is 5.03. The van der Waals surface area contributed by atoms with Crippen LogP contribution < -0.4 is 5.32 Å². The van der Waals surface area contributed by atoms with Gasteiger partial charge in [-0.1, -0.05) is 30.3 Å². The van der Waals surface area contributed by atoms with E-state index in [1.165, 1.54) is 5.56 Å². The summed E-state index contributed by atoms with van der Waals surface area (Å²) in [7, 11) is 0. The van der Waals surface area contributed by atoms with Gasteiger partial charge >= 0.3 is 5.97 Å². The van der Waals surface area contributed by atoms with E-state index in [1.54, 1.807) is 0 Å². The summed E-state index contributed by atoms with van der Waals surface area (Å²) in [5.74, 6) is -0.152. The van der Waals surface area contributed by atoms with Crippen LogP contribution in [0.2, 0.25) is 0 Å². The zero-order chi connectivity index (χ0) is 12.7. The summed E-state index contributed by atoms with van der Waals surface area (Å²) in [6, 6.07) is 10.1. The van der Waals surface area contributed by atoms with E-state index in [2.05, 4.69) is 17.4 Å². The van der Waals surface area contributed by atoms with Gasteiger partial charge in [-0.2, -0.15) is 0 Å². The molecule has 0 aromatic heterocycles. The second kappa shape index (κ2) is 6.40. The Morgan fingerprint density at radius 2 is 1.94 bits per heavy atom. The lowest BCUT2D eigenvalue weighted by Crippen LogP contribution is -2.37. The normalized spacial score (nSPS) is 11.2. The first-order valence-electron chi connectivity index (χ1n) is 5.98. The standard InChI is InChI=1S/C14H21NO2/c1-4-17-13(16)14(2,3)11-15-10-12-8-6-5-7-9-12/h5-9,15H,4,10-11H2,1-3H3. The number of esters is 1. The van der Waals surface area contributed by atoms with E-state index in [4.69, 9.17) is 4.74 Å². The fraction of sp³-hybridized carbons (Fsp3) is 0.500. The third-order valence-electron chi connectivity index (χ3n) is 2.57. The maximum absolute atomic E-state index is 11.6. The van der Waals surface area contributed by atoms with Crippen LogP contribution in [0.3, 0.4) is 0 Å². The lowest BCUT2D eigenvalue weighted by molar-refractivity contribution is -0.153. The molecule has 94 valence electrons. The fourth-order valence-corrected chi connectivity index (χ4v) is 1.51. The van der Waals surface area contributed by atoms with Crippen LogP contribution in [0.5, 0.6) is 0 Å². The Labute approximate surface area is 103 Å². The molecule has 0 bridgehead atoms. The third-order valence-corrected chi connectivity index (χ3v) is 2.57. The van der Waals surface area contributed by atoms with Crippen LogP contribution >= 0.6 is 0 Å². The predicted octanol–water partition coefficient (Wildman–Crippen LogP) is 2.37. The SMILES string of the molecule is CCOC(=O)C(C)(C)CNCc1ccccc1. The Morgan fingerprint density at radius 1 is 1.29 bits per heavy atom. The van der Waals surface area contributed by atoms with E-state index in [1.807, 2.05) is 39.0 Å². The van der Waals surface area contributed by atoms with Gasteiger partial charge in [0.05, 0.1) is 12.0 Å². The van der Waals surface area contributed by atoms with Crippen molar-refractivity contribution in [1.82, 2.24) is 5.32 Å². The first-order chi connectivity index (χ1) is 8.06. The Morgan fingerprint density at radius 3 is 2.53 bits per heavy atom. The van der Waals surface area contributed by atoms with Crippen molar-refractivity contribution in [3.05, 3.63) is 35.9 Å². The van der Waals surface area contributed by atoms with Crippen LogP contribution in [0.15, 0.2) is 30.3 Å². The third kappa shape index (κ3) is 4.57. The lowest BCUT2D eigenvalue weighted by atomic mass is 9.93. The van der Waals surface area contributed by atoms with Gasteiger partial charge in [0.25, 0.3) is 0 Å². The molecule has 0 amide bonds. The molecule has 0 saturated carbocycles. The van der Waals surface area contributed by atoms with Crippen molar-refractivity contribution in [2.24, 2.45) is 5.41 Å². The monoisotopic (exact) mass is 235 g/mol. The summed E-state index contributed by atoms with van der Waals surface area (Å²) >= 11 is 0. The number of nitrogens with one attached hydrogen (secondary N) is 1. The smallest absolute Gasteiger partial charge is 0.312 e. The molecule has 0 atom stereocenters. The summed E-state index contributed by atoms with van der Waals surface area (Å²) in [6.07, 6.45) is 0. The second-order valence-corrected chi connectivity index (χ2v) is 4.69. The van der Waals surface area contributed by atoms with E-state index < -0.39 is 5.41 Å². The molecule has 1 rings (SSSR count). The van der Waals surface area contributed by atoms with Crippen LogP contribution in [0.1, 0.15) is 26.3 Å². The number of carbonyl (C=O) groups excluding carboxylic acids is 1. The van der Waals surface area contributed by atoms with Crippen LogP contribution in [0, 0.1) is 5.41 Å². The van der Waals surface area contributed by atoms with Crippen molar-refractivity contribution in [2.75, 3.05) is 13.2 Å². The molecular weight excluding hydrogens is 214 g/mol. The molecule has 1 aromatic carbocycles. The van der Waals surface area contributed by atoms with Gasteiger partial charge < -0.3 is 10.1 Å². The molecule has 0 unspecified atom stereocenters. The highest BCUT2D eigenvalue weighted by Crippen LogP contribution is 2.16. The highest BCUT2D eigenvalue weighted by Gasteiger charge is 2.28. The topological polar surface area (TPSA) is 38.3 Å². The van der Waals surface area contributed by atoms with Crippen LogP contribution in [0.25, 0.3) is 0 Å². The van der Waals surface area contributed by atoms with Crippen molar-refractivity contribution in [3.63, 3.8) is 0 Å². The maximum atomic E-state index is 11.6. The molecule has 17 heavy (non-hydrogen) atoms. The number of benzene rings is 1. The zero-order valence-corrected chi connectivity index (χ0v) is 10.8. The molecule has 0 aliphatic rings. The summed E-state index contributed by atoms with van der Waals surface area (Å²) in [5, 5.41) is 3.28. The first-order valence-corrected chi connectivity index (χ1v) is 5.98. The largest absolute Gasteiger partial charge is 0.466 e. The summed E-state index contributed by atoms with van der Waals surface area (Å²) in [6.45, 7) is 7.42. The van der Waals surface area contributed by atoms with Crippen LogP contribution in [0.4, 0.5) is 0 Å². The zero-order valence-electron chi connectivity index (χ0n) is 10.8. The van der Waals surface area contributed by atoms with Gasteiger partial charge in [-0.25, -0.2) is 0 Å². The molecule has 0 radical (unpaired) electrons. The van der Waals surface area contributed by atoms with E-state index in [0.29, 0.717) is 13.2 Å². The summed E-state index contributed by atoms with van der Waals surface area (Å²) in [4.78, 5) is 11.6. The van der Waals surface area contributed by atoms with Crippen molar-refractivity contribution in [1.29, 1.82) is 0 Å². The van der Waals surface area contributed by atoms with Crippen molar-refractivity contribution < 1.29 is 9.53 Å². The van der Waals surface area contributed by atoms with E-state index >= 15 is 0 Å². The van der Waals surface area contributed by atoms with Gasteiger partial charge in [-0.15, -0.1) is 0 Å².